The van der Waals surface area contributed by atoms with Crippen LogP contribution in [0.4, 0.5) is 4.39 Å². The van der Waals surface area contributed by atoms with Gasteiger partial charge >= 0.3 is 0 Å². The van der Waals surface area contributed by atoms with Gasteiger partial charge in [-0.15, -0.1) is 0 Å². The van der Waals surface area contributed by atoms with E-state index in [1.54, 1.807) is 7.05 Å². The molecule has 0 aromatic heterocycles. The molecule has 0 bridgehead atoms. The van der Waals surface area contributed by atoms with Gasteiger partial charge in [0.2, 0.25) is 0 Å². The molecule has 0 unspecified atom stereocenters. The van der Waals surface area contributed by atoms with E-state index < -0.39 is 11.7 Å². The minimum atomic E-state index is -0.666. The van der Waals surface area contributed by atoms with Gasteiger partial charge in [0, 0.05) is 13.6 Å². The molecule has 0 saturated heterocycles. The maximum absolute atomic E-state index is 13.6. The molecule has 4 heteroatoms. The average molecular weight is 265 g/mol. The molecule has 1 N–H and O–H groups in total. The zero-order chi connectivity index (χ0) is 13.8. The van der Waals surface area contributed by atoms with Crippen LogP contribution >= 0.6 is 0 Å². The Balaban J connectivity index is 2.06. The SMILES string of the molecule is CN(CC1CCCCC1)C(=O)c1c(O)cccc1F. The highest BCUT2D eigenvalue weighted by atomic mass is 19.1. The Hall–Kier alpha value is -1.58. The van der Waals surface area contributed by atoms with Gasteiger partial charge < -0.3 is 10.0 Å². The molecule has 104 valence electrons. The lowest BCUT2D eigenvalue weighted by Crippen LogP contribution is -2.33. The quantitative estimate of drug-likeness (QED) is 0.911. The van der Waals surface area contributed by atoms with E-state index in [9.17, 15) is 14.3 Å². The van der Waals surface area contributed by atoms with E-state index in [2.05, 4.69) is 0 Å². The third-order valence-corrected chi connectivity index (χ3v) is 3.81. The minimum absolute atomic E-state index is 0.221. The number of benzene rings is 1. The average Bonchev–Trinajstić information content (AvgIpc) is 2.39. The van der Waals surface area contributed by atoms with Gasteiger partial charge in [-0.1, -0.05) is 25.3 Å². The van der Waals surface area contributed by atoms with Gasteiger partial charge in [-0.2, -0.15) is 0 Å². The molecule has 0 aliphatic heterocycles. The van der Waals surface area contributed by atoms with Crippen LogP contribution in [0.15, 0.2) is 18.2 Å². The van der Waals surface area contributed by atoms with Crippen LogP contribution < -0.4 is 0 Å². The van der Waals surface area contributed by atoms with Crippen molar-refractivity contribution in [2.24, 2.45) is 5.92 Å². The standard InChI is InChI=1S/C15H20FNO2/c1-17(10-11-6-3-2-4-7-11)15(19)14-12(16)8-5-9-13(14)18/h5,8-9,11,18H,2-4,6-7,10H2,1H3. The first kappa shape index (κ1) is 13.8. The molecule has 0 heterocycles. The van der Waals surface area contributed by atoms with E-state index in [4.69, 9.17) is 0 Å². The summed E-state index contributed by atoms with van der Waals surface area (Å²) in [5, 5.41) is 9.63. The third kappa shape index (κ3) is 3.25. The Morgan fingerprint density at radius 1 is 1.37 bits per heavy atom. The van der Waals surface area contributed by atoms with Crippen LogP contribution in [0.5, 0.6) is 5.75 Å². The van der Waals surface area contributed by atoms with Crippen molar-refractivity contribution in [1.82, 2.24) is 4.90 Å². The van der Waals surface area contributed by atoms with Crippen LogP contribution in [-0.2, 0) is 0 Å². The summed E-state index contributed by atoms with van der Waals surface area (Å²) in [6.07, 6.45) is 5.93. The fraction of sp³-hybridized carbons (Fsp3) is 0.533. The molecular weight excluding hydrogens is 245 g/mol. The van der Waals surface area contributed by atoms with E-state index in [0.717, 1.165) is 12.8 Å². The number of carbonyl (C=O) groups excluding carboxylic acids is 1. The molecule has 19 heavy (non-hydrogen) atoms. The van der Waals surface area contributed by atoms with Gasteiger partial charge in [-0.05, 0) is 30.9 Å². The highest BCUT2D eigenvalue weighted by Gasteiger charge is 2.23. The Labute approximate surface area is 113 Å². The monoisotopic (exact) mass is 265 g/mol. The first-order chi connectivity index (χ1) is 9.09. The zero-order valence-corrected chi connectivity index (χ0v) is 11.2. The summed E-state index contributed by atoms with van der Waals surface area (Å²) in [5.74, 6) is -0.904. The van der Waals surface area contributed by atoms with Crippen LogP contribution in [0.1, 0.15) is 42.5 Å². The predicted octanol–water partition coefficient (Wildman–Crippen LogP) is 3.18. The third-order valence-electron chi connectivity index (χ3n) is 3.81. The van der Waals surface area contributed by atoms with E-state index in [-0.39, 0.29) is 11.3 Å². The molecule has 1 amide bonds. The molecule has 3 nitrogen and oxygen atoms in total. The molecule has 2 rings (SSSR count). The normalized spacial score (nSPS) is 16.3. The molecule has 1 fully saturated rings. The summed E-state index contributed by atoms with van der Waals surface area (Å²) in [4.78, 5) is 13.7. The molecule has 0 radical (unpaired) electrons. The number of aromatic hydroxyl groups is 1. The Morgan fingerprint density at radius 3 is 2.68 bits per heavy atom. The number of phenolic OH excluding ortho intramolecular Hbond substituents is 1. The van der Waals surface area contributed by atoms with E-state index in [1.165, 1.54) is 42.4 Å². The molecule has 0 spiro atoms. The van der Waals surface area contributed by atoms with Crippen molar-refractivity contribution in [3.8, 4) is 5.75 Å². The second-order valence-electron chi connectivity index (χ2n) is 5.32. The molecule has 1 aliphatic carbocycles. The molecule has 1 aliphatic rings. The number of rotatable bonds is 3. The van der Waals surface area contributed by atoms with E-state index in [1.807, 2.05) is 0 Å². The van der Waals surface area contributed by atoms with Crippen molar-refractivity contribution in [3.63, 3.8) is 0 Å². The van der Waals surface area contributed by atoms with Gasteiger partial charge in [0.25, 0.3) is 5.91 Å². The summed E-state index contributed by atoms with van der Waals surface area (Å²) >= 11 is 0. The molecule has 0 atom stereocenters. The Kier molecular flexibility index (Phi) is 4.40. The minimum Gasteiger partial charge on any atom is -0.507 e. The van der Waals surface area contributed by atoms with E-state index >= 15 is 0 Å². The Bertz CT molecular complexity index is 435. The highest BCUT2D eigenvalue weighted by molar-refractivity contribution is 5.96. The summed E-state index contributed by atoms with van der Waals surface area (Å²) in [6, 6.07) is 3.93. The van der Waals surface area contributed by atoms with Crippen molar-refractivity contribution >= 4 is 5.91 Å². The second kappa shape index (κ2) is 6.04. The molecule has 1 saturated carbocycles. The van der Waals surface area contributed by atoms with Gasteiger partial charge in [-0.3, -0.25) is 4.79 Å². The fourth-order valence-corrected chi connectivity index (χ4v) is 2.76. The number of hydrogen-bond donors (Lipinski definition) is 1. The maximum Gasteiger partial charge on any atom is 0.260 e. The number of carbonyl (C=O) groups is 1. The van der Waals surface area contributed by atoms with Crippen LogP contribution in [0.2, 0.25) is 0 Å². The predicted molar refractivity (Wildman–Crippen MR) is 71.6 cm³/mol. The van der Waals surface area contributed by atoms with Gasteiger partial charge in [0.1, 0.15) is 17.1 Å². The lowest BCUT2D eigenvalue weighted by molar-refractivity contribution is 0.0752. The zero-order valence-electron chi connectivity index (χ0n) is 11.2. The second-order valence-corrected chi connectivity index (χ2v) is 5.32. The molecular formula is C15H20FNO2. The van der Waals surface area contributed by atoms with Crippen LogP contribution in [0.3, 0.4) is 0 Å². The number of phenols is 1. The van der Waals surface area contributed by atoms with E-state index in [0.29, 0.717) is 12.5 Å². The number of amides is 1. The van der Waals surface area contributed by atoms with Gasteiger partial charge in [-0.25, -0.2) is 4.39 Å². The van der Waals surface area contributed by atoms with Crippen molar-refractivity contribution in [2.45, 2.75) is 32.1 Å². The lowest BCUT2D eigenvalue weighted by atomic mass is 9.89. The number of halogens is 1. The lowest BCUT2D eigenvalue weighted by Gasteiger charge is -2.27. The van der Waals surface area contributed by atoms with Gasteiger partial charge in [0.15, 0.2) is 0 Å². The van der Waals surface area contributed by atoms with Crippen molar-refractivity contribution in [2.75, 3.05) is 13.6 Å². The summed E-state index contributed by atoms with van der Waals surface area (Å²) in [5.41, 5.74) is -0.221. The first-order valence-electron chi connectivity index (χ1n) is 6.82. The smallest absolute Gasteiger partial charge is 0.260 e. The van der Waals surface area contributed by atoms with Gasteiger partial charge in [0.05, 0.1) is 0 Å². The number of hydrogen-bond acceptors (Lipinski definition) is 2. The summed E-state index contributed by atoms with van der Waals surface area (Å²) in [6.45, 7) is 0.632. The van der Waals surface area contributed by atoms with Crippen molar-refractivity contribution in [1.29, 1.82) is 0 Å². The first-order valence-corrected chi connectivity index (χ1v) is 6.82. The topological polar surface area (TPSA) is 40.5 Å². The molecule has 1 aromatic carbocycles. The largest absolute Gasteiger partial charge is 0.507 e. The fourth-order valence-electron chi connectivity index (χ4n) is 2.76. The maximum atomic E-state index is 13.6. The summed E-state index contributed by atoms with van der Waals surface area (Å²) < 4.78 is 13.6. The number of nitrogens with zero attached hydrogens (tertiary/aromatic N) is 1. The van der Waals surface area contributed by atoms with Crippen LogP contribution in [0.25, 0.3) is 0 Å². The summed E-state index contributed by atoms with van der Waals surface area (Å²) in [7, 11) is 1.67. The highest BCUT2D eigenvalue weighted by Crippen LogP contribution is 2.26. The van der Waals surface area contributed by atoms with Crippen LogP contribution in [0, 0.1) is 11.7 Å². The Morgan fingerprint density at radius 2 is 2.05 bits per heavy atom. The van der Waals surface area contributed by atoms with Crippen molar-refractivity contribution in [3.05, 3.63) is 29.6 Å². The van der Waals surface area contributed by atoms with Crippen LogP contribution in [-0.4, -0.2) is 29.5 Å². The van der Waals surface area contributed by atoms with Crippen molar-refractivity contribution < 1.29 is 14.3 Å². The molecule has 1 aromatic rings.